The molecule has 0 saturated carbocycles. The third kappa shape index (κ3) is 15.4. The van der Waals surface area contributed by atoms with Gasteiger partial charge in [-0.25, -0.2) is 4.79 Å². The SMILES string of the molecule is CC[C@H]1OC(=O)[C@H](C)[C@@H](O[C@H]2CC(C)(OC)[C@@H](OCCCOCCCc3ccc4c(c3)c(=O)c(C(=O)O)cn4C(C)(C)C)[C@H](C)O2)[C@H](C)[C@@H](O[C@@H]2O[C@H](C)C[C@H](N(C)C)[C@H]2O)[C@](C)(O)C[C@@H](C)CN(C)[C@H](C)[C@@H](O)[C@]1(C)O. The highest BCUT2D eigenvalue weighted by Crippen LogP contribution is 2.41. The van der Waals surface area contributed by atoms with E-state index in [4.69, 9.17) is 37.9 Å². The molecule has 0 aliphatic carbocycles. The molecule has 1 aromatic carbocycles. The summed E-state index contributed by atoms with van der Waals surface area (Å²) in [5.41, 5.74) is -3.98. The molecule has 19 nitrogen and oxygen atoms in total. The zero-order valence-corrected chi connectivity index (χ0v) is 49.3. The number of carbonyl (C=O) groups is 2. The Hall–Kier alpha value is -3.15. The molecule has 19 heteroatoms. The van der Waals surface area contributed by atoms with Gasteiger partial charge in [0, 0.05) is 75.0 Å². The van der Waals surface area contributed by atoms with Gasteiger partial charge in [-0.2, -0.15) is 0 Å². The molecule has 1 unspecified atom stereocenters. The molecule has 5 rings (SSSR count). The number of ether oxygens (including phenoxy) is 8. The lowest BCUT2D eigenvalue weighted by molar-refractivity contribution is -0.320. The Morgan fingerprint density at radius 3 is 2.19 bits per heavy atom. The van der Waals surface area contributed by atoms with Crippen molar-refractivity contribution in [1.29, 1.82) is 0 Å². The van der Waals surface area contributed by atoms with Crippen molar-refractivity contribution in [2.45, 2.75) is 231 Å². The van der Waals surface area contributed by atoms with Gasteiger partial charge in [-0.15, -0.1) is 0 Å². The predicted octanol–water partition coefficient (Wildman–Crippen LogP) is 5.73. The average molecular weight is 1090 g/mol. The zero-order valence-electron chi connectivity index (χ0n) is 49.3. The second kappa shape index (κ2) is 26.6. The molecular formula is C58H97N3O16. The standard InChI is InChI=1S/C58H97N3O16/c1-18-44-58(13,69)49(64)37(6)60(16)31-33(2)29-56(11,68)50(77-54-47(63)43(59(14)15)27-34(3)73-54)35(4)48(36(5)53(67)75-44)76-45-30-57(12,70-17)51(38(7)74-45)72-26-20-25-71-24-19-21-39-22-23-42-40(28-39)46(62)41(52(65)66)32-61(42)55(8,9)10/h22-23,28,32-38,43-45,47-51,54,63-64,68-69H,18-21,24-27,29-31H2,1-17H3,(H,65,66)/t33-,34-,35+,36-,37-,38+,43+,44-,45+,47-,48+,49-,50-,51+,54+,56-,57?,58-/m1/s1. The number of pyridine rings is 1. The Kier molecular flexibility index (Phi) is 22.4. The Labute approximate surface area is 457 Å². The van der Waals surface area contributed by atoms with E-state index in [0.717, 1.165) is 5.56 Å². The number of aliphatic hydroxyl groups excluding tert-OH is 2. The fourth-order valence-corrected chi connectivity index (χ4v) is 12.1. The minimum absolute atomic E-state index is 0.176. The number of esters is 1. The summed E-state index contributed by atoms with van der Waals surface area (Å²) in [7, 11) is 7.22. The van der Waals surface area contributed by atoms with Gasteiger partial charge in [-0.1, -0.05) is 26.8 Å². The van der Waals surface area contributed by atoms with Crippen LogP contribution < -0.4 is 5.43 Å². The molecule has 440 valence electrons. The molecule has 3 aliphatic rings. The molecule has 0 radical (unpaired) electrons. The topological polar surface area (TPSA) is 238 Å². The van der Waals surface area contributed by atoms with E-state index in [-0.39, 0.29) is 42.9 Å². The molecule has 3 fully saturated rings. The minimum atomic E-state index is -1.84. The second-order valence-corrected chi connectivity index (χ2v) is 24.7. The lowest BCUT2D eigenvalue weighted by atomic mass is 9.77. The van der Waals surface area contributed by atoms with E-state index >= 15 is 0 Å². The first kappa shape index (κ1) is 64.7. The van der Waals surface area contributed by atoms with Gasteiger partial charge in [0.1, 0.15) is 35.6 Å². The van der Waals surface area contributed by atoms with Crippen molar-refractivity contribution in [3.63, 3.8) is 0 Å². The number of cyclic esters (lactones) is 1. The highest BCUT2D eigenvalue weighted by atomic mass is 16.7. The maximum Gasteiger partial charge on any atom is 0.341 e. The molecule has 18 atom stereocenters. The molecule has 3 saturated heterocycles. The van der Waals surface area contributed by atoms with Gasteiger partial charge in [0.05, 0.1) is 47.1 Å². The van der Waals surface area contributed by atoms with Crippen LogP contribution in [0.2, 0.25) is 0 Å². The Bertz CT molecular complexity index is 2300. The summed E-state index contributed by atoms with van der Waals surface area (Å²) in [6, 6.07) is 4.75. The number of carbonyl (C=O) groups excluding carboxylic acids is 1. The molecule has 77 heavy (non-hydrogen) atoms. The van der Waals surface area contributed by atoms with Gasteiger partial charge in [0.25, 0.3) is 0 Å². The van der Waals surface area contributed by atoms with E-state index < -0.39 is 113 Å². The molecular weight excluding hydrogens is 995 g/mol. The number of aromatic nitrogens is 1. The average Bonchev–Trinajstić information content (AvgIpc) is 3.34. The van der Waals surface area contributed by atoms with Gasteiger partial charge in [0.2, 0.25) is 5.43 Å². The molecule has 3 aliphatic heterocycles. The van der Waals surface area contributed by atoms with Gasteiger partial charge in [-0.05, 0) is 153 Å². The predicted molar refractivity (Wildman–Crippen MR) is 292 cm³/mol. The van der Waals surface area contributed by atoms with Crippen molar-refractivity contribution in [3.8, 4) is 0 Å². The summed E-state index contributed by atoms with van der Waals surface area (Å²) in [5.74, 6) is -3.96. The van der Waals surface area contributed by atoms with Crippen molar-refractivity contribution >= 4 is 22.8 Å². The number of carboxylic acid groups (broad SMARTS) is 1. The van der Waals surface area contributed by atoms with E-state index in [0.29, 0.717) is 63.0 Å². The van der Waals surface area contributed by atoms with Crippen LogP contribution in [0.15, 0.2) is 29.2 Å². The van der Waals surface area contributed by atoms with E-state index in [9.17, 15) is 39.9 Å². The first-order chi connectivity index (χ1) is 35.8. The fraction of sp³-hybridized carbons (Fsp3) is 0.810. The van der Waals surface area contributed by atoms with Crippen LogP contribution in [0.3, 0.4) is 0 Å². The number of likely N-dealkylation sites (N-methyl/N-ethyl adjacent to an activating group) is 2. The van der Waals surface area contributed by atoms with Crippen LogP contribution in [-0.4, -0.2) is 197 Å². The van der Waals surface area contributed by atoms with E-state index in [1.165, 1.54) is 13.1 Å². The Morgan fingerprint density at radius 1 is 0.922 bits per heavy atom. The fourth-order valence-electron chi connectivity index (χ4n) is 12.1. The quantitative estimate of drug-likeness (QED) is 0.0939. The van der Waals surface area contributed by atoms with Gasteiger partial charge < -0.3 is 77.8 Å². The van der Waals surface area contributed by atoms with Gasteiger partial charge >= 0.3 is 11.9 Å². The number of benzene rings is 1. The summed E-state index contributed by atoms with van der Waals surface area (Å²) >= 11 is 0. The number of hydrogen-bond acceptors (Lipinski definition) is 17. The van der Waals surface area contributed by atoms with Crippen molar-refractivity contribution < 1.29 is 73.0 Å². The number of rotatable bonds is 17. The monoisotopic (exact) mass is 1090 g/mol. The third-order valence-corrected chi connectivity index (χ3v) is 16.7. The largest absolute Gasteiger partial charge is 0.477 e. The maximum absolute atomic E-state index is 14.6. The van der Waals surface area contributed by atoms with Crippen LogP contribution in [0, 0.1) is 17.8 Å². The second-order valence-electron chi connectivity index (χ2n) is 24.7. The Balaban J connectivity index is 1.32. The zero-order chi connectivity index (χ0) is 57.7. The highest BCUT2D eigenvalue weighted by molar-refractivity contribution is 5.92. The van der Waals surface area contributed by atoms with Crippen LogP contribution >= 0.6 is 0 Å². The first-order valence-corrected chi connectivity index (χ1v) is 28.0. The molecule has 4 heterocycles. The lowest BCUT2D eigenvalue weighted by Crippen LogP contribution is -2.61. The smallest absolute Gasteiger partial charge is 0.341 e. The third-order valence-electron chi connectivity index (χ3n) is 16.7. The maximum atomic E-state index is 14.6. The summed E-state index contributed by atoms with van der Waals surface area (Å²) in [6.07, 6.45) is -4.64. The summed E-state index contributed by atoms with van der Waals surface area (Å²) in [6.45, 7) is 25.5. The van der Waals surface area contributed by atoms with Crippen molar-refractivity contribution in [2.24, 2.45) is 17.8 Å². The number of methoxy groups -OCH3 is 1. The summed E-state index contributed by atoms with van der Waals surface area (Å²) < 4.78 is 53.4. The molecule has 0 amide bonds. The number of fused-ring (bicyclic) bond motifs is 1. The molecule has 1 aromatic heterocycles. The molecule has 0 bridgehead atoms. The number of aliphatic hydroxyl groups is 4. The number of aromatic carboxylic acids is 1. The number of hydrogen-bond donors (Lipinski definition) is 5. The lowest BCUT2D eigenvalue weighted by Gasteiger charge is -2.49. The van der Waals surface area contributed by atoms with Crippen LogP contribution in [0.25, 0.3) is 10.9 Å². The van der Waals surface area contributed by atoms with Crippen LogP contribution in [0.1, 0.15) is 144 Å². The van der Waals surface area contributed by atoms with Crippen molar-refractivity contribution in [3.05, 3.63) is 45.7 Å². The van der Waals surface area contributed by atoms with E-state index in [1.54, 1.807) is 40.9 Å². The van der Waals surface area contributed by atoms with Crippen LogP contribution in [0.5, 0.6) is 0 Å². The highest BCUT2D eigenvalue weighted by Gasteiger charge is 2.53. The number of carboxylic acids is 1. The van der Waals surface area contributed by atoms with Crippen LogP contribution in [-0.2, 0) is 54.6 Å². The summed E-state index contributed by atoms with van der Waals surface area (Å²) in [4.78, 5) is 43.6. The number of aryl methyl sites for hydroxylation is 1. The normalized spacial score (nSPS) is 37.6. The van der Waals surface area contributed by atoms with E-state index in [2.05, 4.69) is 0 Å². The summed E-state index contributed by atoms with van der Waals surface area (Å²) in [5, 5.41) is 58.3. The van der Waals surface area contributed by atoms with Crippen molar-refractivity contribution in [1.82, 2.24) is 14.4 Å². The van der Waals surface area contributed by atoms with Gasteiger partial charge in [0.15, 0.2) is 12.6 Å². The first-order valence-electron chi connectivity index (χ1n) is 28.0. The van der Waals surface area contributed by atoms with Crippen LogP contribution in [0.4, 0.5) is 0 Å². The van der Waals surface area contributed by atoms with Gasteiger partial charge in [-0.3, -0.25) is 9.59 Å². The van der Waals surface area contributed by atoms with E-state index in [1.807, 2.05) is 103 Å². The number of nitrogens with zero attached hydrogens (tertiary/aromatic N) is 3. The van der Waals surface area contributed by atoms with Crippen molar-refractivity contribution in [2.75, 3.05) is 54.6 Å². The minimum Gasteiger partial charge on any atom is -0.477 e. The molecule has 5 N–H and O–H groups in total. The molecule has 2 aromatic rings. The Morgan fingerprint density at radius 2 is 1.58 bits per heavy atom. The molecule has 0 spiro atoms.